The maximum absolute atomic E-state index is 12.1. The quantitative estimate of drug-likeness (QED) is 0.767. The molecule has 3 rings (SSSR count). The van der Waals surface area contributed by atoms with E-state index < -0.39 is 0 Å². The molecule has 3 heteroatoms. The Morgan fingerprint density at radius 2 is 2.06 bits per heavy atom. The SMILES string of the molecule is Cc1ccc2c(n1)CC(c1ccccn1)CC2=O. The Hall–Kier alpha value is -2.03. The highest BCUT2D eigenvalue weighted by Crippen LogP contribution is 2.30. The third-order valence-electron chi connectivity index (χ3n) is 3.39. The van der Waals surface area contributed by atoms with Crippen LogP contribution in [0.1, 0.15) is 39.8 Å². The standard InChI is InChI=1S/C15H14N2O/c1-10-5-6-12-14(17-10)8-11(9-15(12)18)13-4-2-3-7-16-13/h2-7,11H,8-9H2,1H3. The largest absolute Gasteiger partial charge is 0.294 e. The fourth-order valence-electron chi connectivity index (χ4n) is 2.49. The van der Waals surface area contributed by atoms with Gasteiger partial charge in [-0.15, -0.1) is 0 Å². The molecule has 0 fully saturated rings. The molecule has 0 aromatic carbocycles. The highest BCUT2D eigenvalue weighted by Gasteiger charge is 2.27. The van der Waals surface area contributed by atoms with E-state index in [9.17, 15) is 4.79 Å². The van der Waals surface area contributed by atoms with Crippen LogP contribution in [0.4, 0.5) is 0 Å². The van der Waals surface area contributed by atoms with Crippen LogP contribution in [-0.4, -0.2) is 15.8 Å². The highest BCUT2D eigenvalue weighted by atomic mass is 16.1. The first kappa shape index (κ1) is 11.1. The zero-order valence-corrected chi connectivity index (χ0v) is 10.3. The molecule has 90 valence electrons. The Morgan fingerprint density at radius 1 is 1.17 bits per heavy atom. The Balaban J connectivity index is 1.98. The van der Waals surface area contributed by atoms with Crippen LogP contribution in [-0.2, 0) is 6.42 Å². The molecule has 1 unspecified atom stereocenters. The number of aromatic nitrogens is 2. The summed E-state index contributed by atoms with van der Waals surface area (Å²) < 4.78 is 0. The number of rotatable bonds is 1. The Bertz CT molecular complexity index is 593. The van der Waals surface area contributed by atoms with E-state index >= 15 is 0 Å². The molecule has 0 spiro atoms. The van der Waals surface area contributed by atoms with E-state index in [2.05, 4.69) is 9.97 Å². The number of carbonyl (C=O) groups excluding carboxylic acids is 1. The van der Waals surface area contributed by atoms with Crippen LogP contribution in [0.15, 0.2) is 36.5 Å². The molecule has 2 heterocycles. The second-order valence-electron chi connectivity index (χ2n) is 4.73. The van der Waals surface area contributed by atoms with Crippen molar-refractivity contribution in [2.45, 2.75) is 25.7 Å². The van der Waals surface area contributed by atoms with Crippen molar-refractivity contribution in [2.24, 2.45) is 0 Å². The summed E-state index contributed by atoms with van der Waals surface area (Å²) in [6.07, 6.45) is 3.12. The van der Waals surface area contributed by atoms with Gasteiger partial charge in [0.25, 0.3) is 0 Å². The van der Waals surface area contributed by atoms with Gasteiger partial charge in [0.15, 0.2) is 5.78 Å². The number of Topliss-reactive ketones (excluding diaryl/α,β-unsaturated/α-hetero) is 1. The molecule has 2 aromatic heterocycles. The molecular formula is C15H14N2O. The zero-order valence-electron chi connectivity index (χ0n) is 10.3. The number of carbonyl (C=O) groups is 1. The lowest BCUT2D eigenvalue weighted by Crippen LogP contribution is -2.20. The van der Waals surface area contributed by atoms with Crippen LogP contribution in [0, 0.1) is 6.92 Å². The minimum absolute atomic E-state index is 0.167. The number of nitrogens with zero attached hydrogens (tertiary/aromatic N) is 2. The first-order valence-electron chi connectivity index (χ1n) is 6.14. The molecule has 0 amide bonds. The summed E-state index contributed by atoms with van der Waals surface area (Å²) >= 11 is 0. The van der Waals surface area contributed by atoms with Crippen molar-refractivity contribution in [3.63, 3.8) is 0 Å². The highest BCUT2D eigenvalue weighted by molar-refractivity contribution is 5.98. The van der Waals surface area contributed by atoms with Gasteiger partial charge in [-0.25, -0.2) is 0 Å². The molecule has 1 aliphatic rings. The fourth-order valence-corrected chi connectivity index (χ4v) is 2.49. The van der Waals surface area contributed by atoms with Gasteiger partial charge in [-0.2, -0.15) is 0 Å². The van der Waals surface area contributed by atoms with Crippen LogP contribution in [0.25, 0.3) is 0 Å². The average molecular weight is 238 g/mol. The van der Waals surface area contributed by atoms with Crippen molar-refractivity contribution in [3.05, 3.63) is 59.2 Å². The lowest BCUT2D eigenvalue weighted by atomic mass is 9.83. The van der Waals surface area contributed by atoms with Crippen molar-refractivity contribution >= 4 is 5.78 Å². The van der Waals surface area contributed by atoms with Gasteiger partial charge in [0, 0.05) is 35.5 Å². The Kier molecular flexibility index (Phi) is 2.67. The van der Waals surface area contributed by atoms with Gasteiger partial charge in [0.2, 0.25) is 0 Å². The summed E-state index contributed by atoms with van der Waals surface area (Å²) in [4.78, 5) is 21.0. The number of hydrogen-bond acceptors (Lipinski definition) is 3. The topological polar surface area (TPSA) is 42.9 Å². The summed E-state index contributed by atoms with van der Waals surface area (Å²) in [6.45, 7) is 1.95. The minimum Gasteiger partial charge on any atom is -0.294 e. The third-order valence-corrected chi connectivity index (χ3v) is 3.39. The number of aryl methyl sites for hydroxylation is 1. The van der Waals surface area contributed by atoms with Crippen LogP contribution in [0.3, 0.4) is 0 Å². The second kappa shape index (κ2) is 4.33. The van der Waals surface area contributed by atoms with Crippen molar-refractivity contribution in [2.75, 3.05) is 0 Å². The maximum atomic E-state index is 12.1. The van der Waals surface area contributed by atoms with E-state index in [0.717, 1.165) is 29.1 Å². The molecule has 3 nitrogen and oxygen atoms in total. The average Bonchev–Trinajstić information content (AvgIpc) is 2.39. The van der Waals surface area contributed by atoms with Crippen LogP contribution >= 0.6 is 0 Å². The molecule has 0 aliphatic heterocycles. The number of hydrogen-bond donors (Lipinski definition) is 0. The minimum atomic E-state index is 0.167. The van der Waals surface area contributed by atoms with Gasteiger partial charge in [-0.05, 0) is 37.6 Å². The first-order valence-corrected chi connectivity index (χ1v) is 6.14. The molecule has 0 saturated heterocycles. The van der Waals surface area contributed by atoms with Crippen molar-refractivity contribution in [1.29, 1.82) is 0 Å². The van der Waals surface area contributed by atoms with Crippen molar-refractivity contribution < 1.29 is 4.79 Å². The predicted molar refractivity (Wildman–Crippen MR) is 68.6 cm³/mol. The molecule has 1 atom stereocenters. The molecule has 0 radical (unpaired) electrons. The smallest absolute Gasteiger partial charge is 0.165 e. The van der Waals surface area contributed by atoms with E-state index in [4.69, 9.17) is 0 Å². The van der Waals surface area contributed by atoms with Crippen LogP contribution in [0.5, 0.6) is 0 Å². The molecule has 0 N–H and O–H groups in total. The van der Waals surface area contributed by atoms with Gasteiger partial charge < -0.3 is 0 Å². The van der Waals surface area contributed by atoms with Crippen molar-refractivity contribution in [1.82, 2.24) is 9.97 Å². The normalized spacial score (nSPS) is 18.5. The molecule has 2 aromatic rings. The van der Waals surface area contributed by atoms with Gasteiger partial charge in [-0.3, -0.25) is 14.8 Å². The maximum Gasteiger partial charge on any atom is 0.165 e. The molecule has 1 aliphatic carbocycles. The summed E-state index contributed by atoms with van der Waals surface area (Å²) in [5.74, 6) is 0.347. The van der Waals surface area contributed by atoms with Crippen LogP contribution in [0.2, 0.25) is 0 Å². The Labute approximate surface area is 106 Å². The molecule has 18 heavy (non-hydrogen) atoms. The van der Waals surface area contributed by atoms with Crippen molar-refractivity contribution in [3.8, 4) is 0 Å². The lowest BCUT2D eigenvalue weighted by Gasteiger charge is -2.22. The first-order chi connectivity index (χ1) is 8.74. The van der Waals surface area contributed by atoms with E-state index in [1.807, 2.05) is 37.3 Å². The molecule has 0 saturated carbocycles. The van der Waals surface area contributed by atoms with Crippen LogP contribution < -0.4 is 0 Å². The third kappa shape index (κ3) is 1.92. The number of fused-ring (bicyclic) bond motifs is 1. The van der Waals surface area contributed by atoms with Gasteiger partial charge in [0.05, 0.1) is 5.69 Å². The van der Waals surface area contributed by atoms with E-state index in [-0.39, 0.29) is 11.7 Å². The van der Waals surface area contributed by atoms with Gasteiger partial charge in [0.1, 0.15) is 0 Å². The molecular weight excluding hydrogens is 224 g/mol. The van der Waals surface area contributed by atoms with Gasteiger partial charge >= 0.3 is 0 Å². The number of ketones is 1. The fraction of sp³-hybridized carbons (Fsp3) is 0.267. The van der Waals surface area contributed by atoms with E-state index in [1.165, 1.54) is 0 Å². The van der Waals surface area contributed by atoms with E-state index in [0.29, 0.717) is 6.42 Å². The monoisotopic (exact) mass is 238 g/mol. The molecule has 0 bridgehead atoms. The lowest BCUT2D eigenvalue weighted by molar-refractivity contribution is 0.0962. The van der Waals surface area contributed by atoms with E-state index in [1.54, 1.807) is 6.20 Å². The summed E-state index contributed by atoms with van der Waals surface area (Å²) in [5.41, 5.74) is 3.65. The van der Waals surface area contributed by atoms with Gasteiger partial charge in [-0.1, -0.05) is 6.07 Å². The zero-order chi connectivity index (χ0) is 12.5. The Morgan fingerprint density at radius 3 is 2.83 bits per heavy atom. The number of pyridine rings is 2. The predicted octanol–water partition coefficient (Wildman–Crippen LogP) is 2.70. The summed E-state index contributed by atoms with van der Waals surface area (Å²) in [6, 6.07) is 9.64. The second-order valence-corrected chi connectivity index (χ2v) is 4.73. The summed E-state index contributed by atoms with van der Waals surface area (Å²) in [7, 11) is 0. The summed E-state index contributed by atoms with van der Waals surface area (Å²) in [5, 5.41) is 0.